The first-order valence-corrected chi connectivity index (χ1v) is 7.99. The Balaban J connectivity index is 2.14. The minimum Gasteiger partial charge on any atom is -0.395 e. The Morgan fingerprint density at radius 1 is 1.55 bits per heavy atom. The normalized spacial score (nSPS) is 22.2. The van der Waals surface area contributed by atoms with Crippen molar-refractivity contribution in [3.05, 3.63) is 21.9 Å². The van der Waals surface area contributed by atoms with E-state index in [1.165, 1.54) is 11.3 Å². The molecule has 2 rings (SSSR count). The number of likely N-dealkylation sites (tertiary alicyclic amines) is 1. The fourth-order valence-electron chi connectivity index (χ4n) is 2.63. The summed E-state index contributed by atoms with van der Waals surface area (Å²) in [5.74, 6) is 6.68. The molecule has 1 N–H and O–H groups in total. The Morgan fingerprint density at radius 3 is 3.05 bits per heavy atom. The van der Waals surface area contributed by atoms with Gasteiger partial charge in [0.25, 0.3) is 5.91 Å². The maximum atomic E-state index is 12.7. The number of carbonyl (C=O) groups is 1. The molecule has 20 heavy (non-hydrogen) atoms. The number of aliphatic hydroxyl groups excluding tert-OH is 1. The summed E-state index contributed by atoms with van der Waals surface area (Å²) >= 11 is 1.46. The number of hydrogen-bond donors (Lipinski definition) is 1. The smallest absolute Gasteiger partial charge is 0.265 e. The van der Waals surface area contributed by atoms with Crippen molar-refractivity contribution < 1.29 is 9.90 Å². The van der Waals surface area contributed by atoms with E-state index in [9.17, 15) is 4.79 Å². The minimum absolute atomic E-state index is 0.0570. The summed E-state index contributed by atoms with van der Waals surface area (Å²) < 4.78 is 0. The van der Waals surface area contributed by atoms with Gasteiger partial charge in [0.15, 0.2) is 0 Å². The second-order valence-electron chi connectivity index (χ2n) is 5.42. The second kappa shape index (κ2) is 6.92. The zero-order valence-corrected chi connectivity index (χ0v) is 12.9. The summed E-state index contributed by atoms with van der Waals surface area (Å²) in [4.78, 5) is 15.4. The molecule has 1 aliphatic rings. The summed E-state index contributed by atoms with van der Waals surface area (Å²) in [5, 5.41) is 10.7. The number of thiophene rings is 1. The molecule has 0 spiro atoms. The molecule has 1 amide bonds. The van der Waals surface area contributed by atoms with Crippen LogP contribution in [-0.4, -0.2) is 35.1 Å². The summed E-state index contributed by atoms with van der Waals surface area (Å²) in [5.41, 5.74) is 0.791. The fourth-order valence-corrected chi connectivity index (χ4v) is 3.43. The Hall–Kier alpha value is -1.31. The van der Waals surface area contributed by atoms with E-state index in [0.717, 1.165) is 29.8 Å². The molecule has 4 heteroatoms. The van der Waals surface area contributed by atoms with Crippen LogP contribution >= 0.6 is 11.3 Å². The third-order valence-electron chi connectivity index (χ3n) is 3.72. The van der Waals surface area contributed by atoms with Gasteiger partial charge in [0, 0.05) is 24.6 Å². The van der Waals surface area contributed by atoms with Crippen molar-refractivity contribution in [2.45, 2.75) is 39.2 Å². The molecule has 0 bridgehead atoms. The maximum absolute atomic E-state index is 12.7. The molecule has 0 aromatic carbocycles. The zero-order valence-electron chi connectivity index (χ0n) is 12.1. The largest absolute Gasteiger partial charge is 0.395 e. The monoisotopic (exact) mass is 291 g/mol. The molecule has 1 fully saturated rings. The lowest BCUT2D eigenvalue weighted by molar-refractivity contribution is 0.0593. The third kappa shape index (κ3) is 3.41. The topological polar surface area (TPSA) is 40.5 Å². The first kappa shape index (κ1) is 15.1. The number of hydrogen-bond acceptors (Lipinski definition) is 3. The van der Waals surface area contributed by atoms with Gasteiger partial charge in [0.1, 0.15) is 4.88 Å². The number of carbonyl (C=O) groups excluding carboxylic acids is 1. The Bertz CT molecular complexity index is 526. The summed E-state index contributed by atoms with van der Waals surface area (Å²) in [6.07, 6.45) is 2.59. The highest BCUT2D eigenvalue weighted by atomic mass is 32.1. The zero-order chi connectivity index (χ0) is 14.5. The fraction of sp³-hybridized carbons (Fsp3) is 0.562. The molecule has 1 saturated heterocycles. The lowest BCUT2D eigenvalue weighted by Crippen LogP contribution is -2.44. The summed E-state index contributed by atoms with van der Waals surface area (Å²) in [6, 6.07) is 2.19. The molecule has 0 aliphatic carbocycles. The van der Waals surface area contributed by atoms with E-state index < -0.39 is 0 Å². The molecule has 0 saturated carbocycles. The Morgan fingerprint density at radius 2 is 2.35 bits per heavy atom. The summed E-state index contributed by atoms with van der Waals surface area (Å²) in [6.45, 7) is 5.26. The molecule has 1 aliphatic heterocycles. The van der Waals surface area contributed by atoms with Crippen LogP contribution in [0.5, 0.6) is 0 Å². The van der Waals surface area contributed by atoms with Crippen LogP contribution in [0.15, 0.2) is 11.4 Å². The summed E-state index contributed by atoms with van der Waals surface area (Å²) in [7, 11) is 0. The van der Waals surface area contributed by atoms with Gasteiger partial charge >= 0.3 is 0 Å². The van der Waals surface area contributed by atoms with E-state index in [1.54, 1.807) is 0 Å². The Kier molecular flexibility index (Phi) is 5.22. The Labute approximate surface area is 124 Å². The van der Waals surface area contributed by atoms with Crippen molar-refractivity contribution in [2.24, 2.45) is 5.92 Å². The van der Waals surface area contributed by atoms with Crippen LogP contribution in [0.25, 0.3) is 0 Å². The van der Waals surface area contributed by atoms with Crippen LogP contribution in [0.4, 0.5) is 0 Å². The van der Waals surface area contributed by atoms with E-state index in [0.29, 0.717) is 18.4 Å². The van der Waals surface area contributed by atoms with Gasteiger partial charge in [0.05, 0.1) is 6.61 Å². The van der Waals surface area contributed by atoms with E-state index in [4.69, 9.17) is 5.11 Å². The number of rotatable bonds is 2. The number of amides is 1. The average molecular weight is 291 g/mol. The van der Waals surface area contributed by atoms with Gasteiger partial charge in [-0.25, -0.2) is 0 Å². The standard InChI is InChI=1S/C16H21NO2S/c1-12-6-8-17(13(2)11-12)16(19)15-14(7-10-20-15)5-3-4-9-18/h7,10,12-13,18H,4,6,8-9,11H2,1-2H3. The average Bonchev–Trinajstić information content (AvgIpc) is 2.87. The minimum atomic E-state index is 0.0570. The van der Waals surface area contributed by atoms with Gasteiger partial charge in [-0.15, -0.1) is 11.3 Å². The molecule has 1 aromatic rings. The predicted molar refractivity (Wildman–Crippen MR) is 81.8 cm³/mol. The molecule has 2 heterocycles. The molecule has 3 nitrogen and oxygen atoms in total. The highest BCUT2D eigenvalue weighted by Crippen LogP contribution is 2.26. The SMILES string of the molecule is CC1CCN(C(=O)c2sccc2C#CCCO)C(C)C1. The van der Waals surface area contributed by atoms with Crippen molar-refractivity contribution in [1.82, 2.24) is 4.90 Å². The molecule has 0 radical (unpaired) electrons. The van der Waals surface area contributed by atoms with Crippen LogP contribution in [0.1, 0.15) is 48.3 Å². The van der Waals surface area contributed by atoms with Gasteiger partial charge in [-0.2, -0.15) is 0 Å². The molecular formula is C16H21NO2S. The van der Waals surface area contributed by atoms with E-state index in [-0.39, 0.29) is 12.5 Å². The van der Waals surface area contributed by atoms with Gasteiger partial charge in [-0.1, -0.05) is 18.8 Å². The predicted octanol–water partition coefficient (Wildman–Crippen LogP) is 2.74. The molecular weight excluding hydrogens is 270 g/mol. The van der Waals surface area contributed by atoms with Crippen molar-refractivity contribution in [1.29, 1.82) is 0 Å². The van der Waals surface area contributed by atoms with Crippen LogP contribution in [-0.2, 0) is 0 Å². The molecule has 2 unspecified atom stereocenters. The van der Waals surface area contributed by atoms with E-state index in [2.05, 4.69) is 25.7 Å². The number of aliphatic hydroxyl groups is 1. The first-order valence-electron chi connectivity index (χ1n) is 7.11. The van der Waals surface area contributed by atoms with Crippen LogP contribution < -0.4 is 0 Å². The molecule has 2 atom stereocenters. The van der Waals surface area contributed by atoms with Crippen molar-refractivity contribution in [3.8, 4) is 11.8 Å². The van der Waals surface area contributed by atoms with Gasteiger partial charge in [-0.3, -0.25) is 4.79 Å². The lowest BCUT2D eigenvalue weighted by atomic mass is 9.93. The van der Waals surface area contributed by atoms with Gasteiger partial charge in [0.2, 0.25) is 0 Å². The van der Waals surface area contributed by atoms with E-state index in [1.807, 2.05) is 16.3 Å². The number of nitrogens with zero attached hydrogens (tertiary/aromatic N) is 1. The van der Waals surface area contributed by atoms with Crippen LogP contribution in [0.2, 0.25) is 0 Å². The second-order valence-corrected chi connectivity index (χ2v) is 6.33. The van der Waals surface area contributed by atoms with Crippen LogP contribution in [0, 0.1) is 17.8 Å². The molecule has 108 valence electrons. The van der Waals surface area contributed by atoms with E-state index >= 15 is 0 Å². The third-order valence-corrected chi connectivity index (χ3v) is 4.62. The van der Waals surface area contributed by atoms with Crippen molar-refractivity contribution in [3.63, 3.8) is 0 Å². The van der Waals surface area contributed by atoms with Crippen molar-refractivity contribution in [2.75, 3.05) is 13.2 Å². The quantitative estimate of drug-likeness (QED) is 0.851. The van der Waals surface area contributed by atoms with Gasteiger partial charge < -0.3 is 10.0 Å². The number of piperidine rings is 1. The highest BCUT2D eigenvalue weighted by molar-refractivity contribution is 7.12. The maximum Gasteiger partial charge on any atom is 0.265 e. The molecule has 1 aromatic heterocycles. The van der Waals surface area contributed by atoms with Crippen LogP contribution in [0.3, 0.4) is 0 Å². The van der Waals surface area contributed by atoms with Gasteiger partial charge in [-0.05, 0) is 37.1 Å². The van der Waals surface area contributed by atoms with Crippen molar-refractivity contribution >= 4 is 17.2 Å². The first-order chi connectivity index (χ1) is 9.63. The highest BCUT2D eigenvalue weighted by Gasteiger charge is 2.28. The lowest BCUT2D eigenvalue weighted by Gasteiger charge is -2.36.